The number of aryl methyl sites for hydroxylation is 1. The Labute approximate surface area is 108 Å². The quantitative estimate of drug-likeness (QED) is 0.526. The van der Waals surface area contributed by atoms with Crippen LogP contribution in [0.4, 0.5) is 0 Å². The highest BCUT2D eigenvalue weighted by molar-refractivity contribution is 14.1. The van der Waals surface area contributed by atoms with Gasteiger partial charge in [-0.3, -0.25) is 0 Å². The molecule has 0 fully saturated rings. The molecule has 1 N–H and O–H groups in total. The van der Waals surface area contributed by atoms with Gasteiger partial charge in [-0.05, 0) is 16.6 Å². The molecule has 0 radical (unpaired) electrons. The standard InChI is InChI=1S/C12H13IO3/c1-8-3-5-9(6-4-8)11(14)10(7-13)12(15)16-2/h3-7,11,14H,1-2H3/b10-7-. The lowest BCUT2D eigenvalue weighted by molar-refractivity contribution is -0.137. The van der Waals surface area contributed by atoms with E-state index in [1.807, 2.05) is 41.6 Å². The van der Waals surface area contributed by atoms with Gasteiger partial charge in [0.25, 0.3) is 0 Å². The summed E-state index contributed by atoms with van der Waals surface area (Å²) in [6.45, 7) is 1.96. The first-order chi connectivity index (χ1) is 7.60. The minimum absolute atomic E-state index is 0.243. The predicted octanol–water partition coefficient (Wildman–Crippen LogP) is 2.52. The van der Waals surface area contributed by atoms with Crippen molar-refractivity contribution in [1.29, 1.82) is 0 Å². The topological polar surface area (TPSA) is 46.5 Å². The molecular formula is C12H13IO3. The van der Waals surface area contributed by atoms with Crippen molar-refractivity contribution in [3.05, 3.63) is 45.0 Å². The van der Waals surface area contributed by atoms with Crippen molar-refractivity contribution < 1.29 is 14.6 Å². The van der Waals surface area contributed by atoms with Crippen LogP contribution in [0.25, 0.3) is 0 Å². The van der Waals surface area contributed by atoms with Gasteiger partial charge in [0.2, 0.25) is 0 Å². The molecule has 0 amide bonds. The van der Waals surface area contributed by atoms with Gasteiger partial charge < -0.3 is 9.84 Å². The van der Waals surface area contributed by atoms with Crippen LogP contribution in [-0.4, -0.2) is 18.2 Å². The van der Waals surface area contributed by atoms with Crippen LogP contribution in [0.5, 0.6) is 0 Å². The molecule has 1 atom stereocenters. The Bertz CT molecular complexity index is 395. The molecule has 0 aliphatic carbocycles. The second kappa shape index (κ2) is 6.00. The van der Waals surface area contributed by atoms with Crippen LogP contribution in [-0.2, 0) is 9.53 Å². The lowest BCUT2D eigenvalue weighted by Gasteiger charge is -2.13. The van der Waals surface area contributed by atoms with E-state index < -0.39 is 12.1 Å². The zero-order valence-corrected chi connectivity index (χ0v) is 11.3. The SMILES string of the molecule is COC(=O)/C(=C\I)C(O)c1ccc(C)cc1. The van der Waals surface area contributed by atoms with Crippen LogP contribution in [0.3, 0.4) is 0 Å². The van der Waals surface area contributed by atoms with Crippen molar-refractivity contribution in [2.75, 3.05) is 7.11 Å². The average molecular weight is 332 g/mol. The first-order valence-corrected chi connectivity index (χ1v) is 5.98. The molecule has 16 heavy (non-hydrogen) atoms. The van der Waals surface area contributed by atoms with Crippen molar-refractivity contribution in [2.45, 2.75) is 13.0 Å². The van der Waals surface area contributed by atoms with E-state index in [0.29, 0.717) is 5.56 Å². The van der Waals surface area contributed by atoms with Gasteiger partial charge in [0.1, 0.15) is 6.10 Å². The number of halogens is 1. The van der Waals surface area contributed by atoms with Gasteiger partial charge in [-0.15, -0.1) is 0 Å². The third-order valence-electron chi connectivity index (χ3n) is 2.23. The zero-order valence-electron chi connectivity index (χ0n) is 9.11. The maximum atomic E-state index is 11.4. The summed E-state index contributed by atoms with van der Waals surface area (Å²) in [4.78, 5) is 11.4. The van der Waals surface area contributed by atoms with E-state index in [-0.39, 0.29) is 5.57 Å². The summed E-state index contributed by atoms with van der Waals surface area (Å²) in [6.07, 6.45) is -0.940. The maximum Gasteiger partial charge on any atom is 0.337 e. The van der Waals surface area contributed by atoms with Crippen molar-refractivity contribution in [1.82, 2.24) is 0 Å². The number of carbonyl (C=O) groups excluding carboxylic acids is 1. The van der Waals surface area contributed by atoms with Crippen LogP contribution in [0.15, 0.2) is 33.9 Å². The molecule has 0 aliphatic rings. The number of esters is 1. The van der Waals surface area contributed by atoms with Gasteiger partial charge in [0.15, 0.2) is 0 Å². The number of benzene rings is 1. The fourth-order valence-electron chi connectivity index (χ4n) is 1.26. The molecule has 1 aromatic carbocycles. The normalized spacial score (nSPS) is 13.4. The summed E-state index contributed by atoms with van der Waals surface area (Å²) in [5.74, 6) is -0.512. The van der Waals surface area contributed by atoms with Crippen LogP contribution in [0.1, 0.15) is 17.2 Å². The Kier molecular flexibility index (Phi) is 4.95. The highest BCUT2D eigenvalue weighted by Gasteiger charge is 2.20. The molecule has 0 saturated heterocycles. The van der Waals surface area contributed by atoms with Gasteiger partial charge in [-0.1, -0.05) is 52.4 Å². The average Bonchev–Trinajstić information content (AvgIpc) is 2.30. The van der Waals surface area contributed by atoms with Gasteiger partial charge in [-0.25, -0.2) is 4.79 Å². The molecule has 0 aromatic heterocycles. The van der Waals surface area contributed by atoms with Crippen LogP contribution in [0.2, 0.25) is 0 Å². The number of hydrogen-bond acceptors (Lipinski definition) is 3. The third kappa shape index (κ3) is 3.05. The number of carbonyl (C=O) groups is 1. The molecule has 0 aliphatic heterocycles. The van der Waals surface area contributed by atoms with Gasteiger partial charge >= 0.3 is 5.97 Å². The number of rotatable bonds is 3. The van der Waals surface area contributed by atoms with E-state index in [1.54, 1.807) is 12.1 Å². The zero-order chi connectivity index (χ0) is 12.1. The van der Waals surface area contributed by atoms with Gasteiger partial charge in [0, 0.05) is 0 Å². The van der Waals surface area contributed by atoms with Gasteiger partial charge in [-0.2, -0.15) is 0 Å². The molecule has 1 unspecified atom stereocenters. The summed E-state index contributed by atoms with van der Waals surface area (Å²) in [5, 5.41) is 10.00. The fraction of sp³-hybridized carbons (Fsp3) is 0.250. The first kappa shape index (κ1) is 13.2. The van der Waals surface area contributed by atoms with Gasteiger partial charge in [0.05, 0.1) is 12.7 Å². The number of aliphatic hydroxyl groups excluding tert-OH is 1. The van der Waals surface area contributed by atoms with E-state index in [9.17, 15) is 9.90 Å². The molecule has 3 nitrogen and oxygen atoms in total. The molecule has 1 aromatic rings. The Balaban J connectivity index is 2.96. The molecule has 0 spiro atoms. The highest BCUT2D eigenvalue weighted by atomic mass is 127. The first-order valence-electron chi connectivity index (χ1n) is 4.73. The lowest BCUT2D eigenvalue weighted by Crippen LogP contribution is -2.12. The highest BCUT2D eigenvalue weighted by Crippen LogP contribution is 2.23. The largest absolute Gasteiger partial charge is 0.466 e. The van der Waals surface area contributed by atoms with E-state index in [1.165, 1.54) is 11.2 Å². The number of hydrogen-bond donors (Lipinski definition) is 1. The molecule has 4 heteroatoms. The van der Waals surface area contributed by atoms with Crippen LogP contribution >= 0.6 is 22.6 Å². The van der Waals surface area contributed by atoms with E-state index in [4.69, 9.17) is 0 Å². The van der Waals surface area contributed by atoms with Crippen molar-refractivity contribution in [3.8, 4) is 0 Å². The summed E-state index contributed by atoms with van der Waals surface area (Å²) in [7, 11) is 1.30. The molecule has 0 saturated carbocycles. The molecule has 0 bridgehead atoms. The second-order valence-electron chi connectivity index (χ2n) is 3.37. The van der Waals surface area contributed by atoms with E-state index in [0.717, 1.165) is 5.56 Å². The summed E-state index contributed by atoms with van der Waals surface area (Å²) >= 11 is 1.91. The third-order valence-corrected chi connectivity index (χ3v) is 2.90. The van der Waals surface area contributed by atoms with Crippen LogP contribution in [0, 0.1) is 6.92 Å². The Morgan fingerprint density at radius 3 is 2.44 bits per heavy atom. The smallest absolute Gasteiger partial charge is 0.337 e. The Hall–Kier alpha value is -0.880. The number of ether oxygens (including phenoxy) is 1. The Morgan fingerprint density at radius 2 is 2.00 bits per heavy atom. The van der Waals surface area contributed by atoms with E-state index >= 15 is 0 Å². The molecule has 0 heterocycles. The maximum absolute atomic E-state index is 11.4. The Morgan fingerprint density at radius 1 is 1.44 bits per heavy atom. The second-order valence-corrected chi connectivity index (χ2v) is 3.99. The fourth-order valence-corrected chi connectivity index (χ4v) is 1.86. The minimum Gasteiger partial charge on any atom is -0.466 e. The van der Waals surface area contributed by atoms with Crippen molar-refractivity contribution in [3.63, 3.8) is 0 Å². The van der Waals surface area contributed by atoms with Crippen molar-refractivity contribution in [2.24, 2.45) is 0 Å². The minimum atomic E-state index is -0.940. The van der Waals surface area contributed by atoms with E-state index in [2.05, 4.69) is 4.74 Å². The van der Waals surface area contributed by atoms with Crippen LogP contribution < -0.4 is 0 Å². The predicted molar refractivity (Wildman–Crippen MR) is 70.3 cm³/mol. The number of aliphatic hydroxyl groups is 1. The van der Waals surface area contributed by atoms with Crippen molar-refractivity contribution >= 4 is 28.6 Å². The lowest BCUT2D eigenvalue weighted by atomic mass is 10.0. The molecular weight excluding hydrogens is 319 g/mol. The summed E-state index contributed by atoms with van der Waals surface area (Å²) < 4.78 is 6.13. The summed E-state index contributed by atoms with van der Waals surface area (Å²) in [5.41, 5.74) is 2.03. The summed E-state index contributed by atoms with van der Waals surface area (Å²) in [6, 6.07) is 7.37. The molecule has 86 valence electrons. The monoisotopic (exact) mass is 332 g/mol. The number of methoxy groups -OCH3 is 1. The molecule has 1 rings (SSSR count).